The van der Waals surface area contributed by atoms with E-state index < -0.39 is 10.7 Å². The van der Waals surface area contributed by atoms with Crippen LogP contribution in [0.25, 0.3) is 0 Å². The molecule has 0 saturated heterocycles. The summed E-state index contributed by atoms with van der Waals surface area (Å²) < 4.78 is 0. The molecule has 5 heteroatoms. The van der Waals surface area contributed by atoms with Gasteiger partial charge >= 0.3 is 0 Å². The number of nitrogens with two attached hydrogens (primary N) is 1. The van der Waals surface area contributed by atoms with E-state index in [9.17, 15) is 10.1 Å². The molecule has 2 atom stereocenters. The molecule has 2 N–H and O–H groups in total. The Morgan fingerprint density at radius 1 is 1.27 bits per heavy atom. The first-order chi connectivity index (χ1) is 6.99. The van der Waals surface area contributed by atoms with Crippen LogP contribution in [0, 0.1) is 22.0 Å². The Hall–Kier alpha value is -0.840. The predicted molar refractivity (Wildman–Crippen MR) is 52.4 cm³/mol. The summed E-state index contributed by atoms with van der Waals surface area (Å²) in [6.07, 6.45) is 5.61. The van der Waals surface area contributed by atoms with Crippen molar-refractivity contribution in [1.29, 1.82) is 0 Å². The van der Waals surface area contributed by atoms with Crippen LogP contribution < -0.4 is 5.73 Å². The quantitative estimate of drug-likeness (QED) is 0.551. The molecule has 5 nitrogen and oxygen atoms in total. The molecule has 0 spiro atoms. The van der Waals surface area contributed by atoms with E-state index in [1.807, 2.05) is 0 Å². The molecule has 2 unspecified atom stereocenters. The van der Waals surface area contributed by atoms with E-state index in [4.69, 9.17) is 10.6 Å². The van der Waals surface area contributed by atoms with Crippen LogP contribution in [0.5, 0.6) is 0 Å². The van der Waals surface area contributed by atoms with Crippen molar-refractivity contribution in [1.82, 2.24) is 0 Å². The number of hydrogen-bond acceptors (Lipinski definition) is 4. The van der Waals surface area contributed by atoms with Gasteiger partial charge in [-0.15, -0.1) is 10.1 Å². The van der Waals surface area contributed by atoms with E-state index >= 15 is 0 Å². The van der Waals surface area contributed by atoms with Gasteiger partial charge in [0.1, 0.15) is 5.60 Å². The summed E-state index contributed by atoms with van der Waals surface area (Å²) in [7, 11) is 0. The maximum atomic E-state index is 10.5. The fourth-order valence-electron chi connectivity index (χ4n) is 4.51. The van der Waals surface area contributed by atoms with E-state index in [-0.39, 0.29) is 5.54 Å². The Balaban J connectivity index is 1.89. The summed E-state index contributed by atoms with van der Waals surface area (Å²) in [6.45, 7) is 0. The highest BCUT2D eigenvalue weighted by atomic mass is 17.0. The van der Waals surface area contributed by atoms with Gasteiger partial charge in [0.05, 0.1) is 0 Å². The molecule has 4 aliphatic carbocycles. The van der Waals surface area contributed by atoms with Gasteiger partial charge in [-0.05, 0) is 50.4 Å². The Labute approximate surface area is 88.1 Å². The second kappa shape index (κ2) is 2.64. The zero-order valence-corrected chi connectivity index (χ0v) is 8.65. The average Bonchev–Trinajstić information content (AvgIpc) is 1.94. The second-order valence-corrected chi connectivity index (χ2v) is 5.82. The van der Waals surface area contributed by atoms with Crippen LogP contribution in [-0.2, 0) is 4.84 Å². The Kier molecular flexibility index (Phi) is 1.65. The zero-order chi connectivity index (χ0) is 10.7. The van der Waals surface area contributed by atoms with Crippen molar-refractivity contribution in [2.45, 2.75) is 49.7 Å². The number of hydrogen-bond donors (Lipinski definition) is 1. The molecule has 4 saturated carbocycles. The normalized spacial score (nSPS) is 51.8. The van der Waals surface area contributed by atoms with Crippen LogP contribution >= 0.6 is 0 Å². The summed E-state index contributed by atoms with van der Waals surface area (Å²) in [4.78, 5) is 15.5. The van der Waals surface area contributed by atoms with Crippen LogP contribution in [-0.4, -0.2) is 16.2 Å². The molecule has 0 aromatic heterocycles. The van der Waals surface area contributed by atoms with Crippen molar-refractivity contribution in [2.75, 3.05) is 0 Å². The van der Waals surface area contributed by atoms with Gasteiger partial charge in [-0.1, -0.05) is 0 Å². The lowest BCUT2D eigenvalue weighted by molar-refractivity contribution is -0.785. The molecule has 0 heterocycles. The second-order valence-electron chi connectivity index (χ2n) is 5.82. The smallest absolute Gasteiger partial charge is 0.295 e. The number of rotatable bonds is 2. The summed E-state index contributed by atoms with van der Waals surface area (Å²) in [6, 6.07) is 0. The SMILES string of the molecule is NC12CC3CC(C1)CC(O[N+](=O)[O-])(C3)C2. The lowest BCUT2D eigenvalue weighted by Crippen LogP contribution is -2.64. The molecule has 4 aliphatic rings. The van der Waals surface area contributed by atoms with Gasteiger partial charge in [-0.25, -0.2) is 0 Å². The van der Waals surface area contributed by atoms with E-state index in [1.54, 1.807) is 0 Å². The van der Waals surface area contributed by atoms with Gasteiger partial charge in [0.25, 0.3) is 5.09 Å². The zero-order valence-electron chi connectivity index (χ0n) is 8.65. The molecule has 4 bridgehead atoms. The van der Waals surface area contributed by atoms with Crippen LogP contribution in [0.2, 0.25) is 0 Å². The average molecular weight is 212 g/mol. The van der Waals surface area contributed by atoms with Crippen molar-refractivity contribution >= 4 is 0 Å². The van der Waals surface area contributed by atoms with E-state index in [1.165, 1.54) is 6.42 Å². The first-order valence-electron chi connectivity index (χ1n) is 5.61. The highest BCUT2D eigenvalue weighted by molar-refractivity contribution is 5.11. The van der Waals surface area contributed by atoms with Gasteiger partial charge in [0.2, 0.25) is 0 Å². The summed E-state index contributed by atoms with van der Waals surface area (Å²) in [5.41, 5.74) is 5.56. The van der Waals surface area contributed by atoms with Gasteiger partial charge in [-0.2, -0.15) is 0 Å². The molecule has 15 heavy (non-hydrogen) atoms. The van der Waals surface area contributed by atoms with Gasteiger partial charge in [-0.3, -0.25) is 0 Å². The standard InChI is InChI=1S/C10H16N2O3/c11-9-2-7-1-8(3-9)5-10(4-7,6-9)15-12(13)14/h7-8H,1-6,11H2. The van der Waals surface area contributed by atoms with E-state index in [0.717, 1.165) is 25.7 Å². The summed E-state index contributed by atoms with van der Waals surface area (Å²) in [5, 5.41) is 9.90. The minimum atomic E-state index is -0.628. The maximum absolute atomic E-state index is 10.5. The molecule has 0 amide bonds. The largest absolute Gasteiger partial charge is 0.325 e. The maximum Gasteiger partial charge on any atom is 0.295 e. The molecular weight excluding hydrogens is 196 g/mol. The van der Waals surface area contributed by atoms with E-state index in [2.05, 4.69) is 0 Å². The topological polar surface area (TPSA) is 78.4 Å². The van der Waals surface area contributed by atoms with Gasteiger partial charge in [0, 0.05) is 5.54 Å². The molecule has 84 valence electrons. The molecule has 0 aromatic carbocycles. The Bertz CT molecular complexity index is 304. The highest BCUT2D eigenvalue weighted by Crippen LogP contribution is 2.57. The summed E-state index contributed by atoms with van der Waals surface area (Å²) in [5.74, 6) is 1.10. The monoisotopic (exact) mass is 212 g/mol. The van der Waals surface area contributed by atoms with Crippen molar-refractivity contribution in [2.24, 2.45) is 17.6 Å². The Morgan fingerprint density at radius 3 is 2.33 bits per heavy atom. The van der Waals surface area contributed by atoms with Crippen LogP contribution in [0.4, 0.5) is 0 Å². The number of nitrogens with zero attached hydrogens (tertiary/aromatic N) is 1. The minimum absolute atomic E-state index is 0.180. The van der Waals surface area contributed by atoms with Crippen LogP contribution in [0.15, 0.2) is 0 Å². The molecule has 0 aromatic rings. The summed E-state index contributed by atoms with van der Waals surface area (Å²) >= 11 is 0. The molecular formula is C10H16N2O3. The first kappa shape index (κ1) is 9.39. The third-order valence-corrected chi connectivity index (χ3v) is 4.32. The molecule has 0 aliphatic heterocycles. The fraction of sp³-hybridized carbons (Fsp3) is 1.00. The third kappa shape index (κ3) is 1.40. The van der Waals surface area contributed by atoms with Crippen LogP contribution in [0.3, 0.4) is 0 Å². The molecule has 0 radical (unpaired) electrons. The third-order valence-electron chi connectivity index (χ3n) is 4.32. The van der Waals surface area contributed by atoms with Crippen molar-refractivity contribution in [3.63, 3.8) is 0 Å². The van der Waals surface area contributed by atoms with E-state index in [0.29, 0.717) is 18.3 Å². The minimum Gasteiger partial charge on any atom is -0.325 e. The Morgan fingerprint density at radius 2 is 1.87 bits per heavy atom. The van der Waals surface area contributed by atoms with Crippen molar-refractivity contribution < 1.29 is 9.92 Å². The lowest BCUT2D eigenvalue weighted by Gasteiger charge is -2.59. The molecule has 4 fully saturated rings. The molecule has 4 rings (SSSR count). The highest BCUT2D eigenvalue weighted by Gasteiger charge is 2.58. The predicted octanol–water partition coefficient (Wildman–Crippen LogP) is 1.24. The van der Waals surface area contributed by atoms with Gasteiger partial charge < -0.3 is 10.6 Å². The van der Waals surface area contributed by atoms with Crippen molar-refractivity contribution in [3.8, 4) is 0 Å². The van der Waals surface area contributed by atoms with Crippen LogP contribution in [0.1, 0.15) is 38.5 Å². The van der Waals surface area contributed by atoms with Gasteiger partial charge in [0.15, 0.2) is 0 Å². The lowest BCUT2D eigenvalue weighted by atomic mass is 9.51. The fourth-order valence-corrected chi connectivity index (χ4v) is 4.51. The van der Waals surface area contributed by atoms with Crippen molar-refractivity contribution in [3.05, 3.63) is 10.1 Å². The first-order valence-corrected chi connectivity index (χ1v) is 5.61.